The average molecular weight is 180 g/mol. The smallest absolute Gasteiger partial charge is 0.123 e. The van der Waals surface area contributed by atoms with E-state index in [-0.39, 0.29) is 0 Å². The molecule has 0 aromatic rings. The van der Waals surface area contributed by atoms with Crippen LogP contribution in [0.4, 0.5) is 0 Å². The molecule has 1 heteroatoms. The van der Waals surface area contributed by atoms with Crippen LogP contribution in [0.1, 0.15) is 51.4 Å². The van der Waals surface area contributed by atoms with Crippen molar-refractivity contribution in [1.29, 1.82) is 0 Å². The molecule has 0 atom stereocenters. The fraction of sp³-hybridized carbons (Fsp3) is 0.917. The van der Waals surface area contributed by atoms with Crippen LogP contribution < -0.4 is 0 Å². The van der Waals surface area contributed by atoms with Gasteiger partial charge >= 0.3 is 0 Å². The van der Waals surface area contributed by atoms with Crippen LogP contribution in [0.3, 0.4) is 0 Å². The van der Waals surface area contributed by atoms with Gasteiger partial charge in [-0.2, -0.15) is 0 Å². The number of carbonyl (C=O) groups excluding carboxylic acids is 1. The Morgan fingerprint density at radius 2 is 1.23 bits per heavy atom. The average Bonchev–Trinajstić information content (AvgIpc) is 2.76. The summed E-state index contributed by atoms with van der Waals surface area (Å²) < 4.78 is 0. The fourth-order valence-electron chi connectivity index (χ4n) is 3.29. The van der Waals surface area contributed by atoms with Crippen molar-refractivity contribution in [2.45, 2.75) is 51.4 Å². The highest BCUT2D eigenvalue weighted by atomic mass is 16.1. The molecule has 0 aromatic carbocycles. The Kier molecular flexibility index (Phi) is 3.02. The molecule has 0 spiro atoms. The zero-order valence-electron chi connectivity index (χ0n) is 8.37. The molecule has 0 aromatic heterocycles. The molecule has 13 heavy (non-hydrogen) atoms. The van der Waals surface area contributed by atoms with Gasteiger partial charge < -0.3 is 4.79 Å². The van der Waals surface area contributed by atoms with Crippen LogP contribution in [-0.4, -0.2) is 6.29 Å². The van der Waals surface area contributed by atoms with Gasteiger partial charge in [0.2, 0.25) is 0 Å². The zero-order chi connectivity index (χ0) is 9.10. The first-order valence-corrected chi connectivity index (χ1v) is 5.87. The van der Waals surface area contributed by atoms with Crippen molar-refractivity contribution < 1.29 is 4.79 Å². The summed E-state index contributed by atoms with van der Waals surface area (Å²) >= 11 is 0. The largest absolute Gasteiger partial charge is 0.303 e. The Morgan fingerprint density at radius 3 is 1.54 bits per heavy atom. The van der Waals surface area contributed by atoms with Gasteiger partial charge in [-0.05, 0) is 37.5 Å². The lowest BCUT2D eigenvalue weighted by Crippen LogP contribution is -2.21. The van der Waals surface area contributed by atoms with E-state index in [1.54, 1.807) is 0 Å². The molecule has 0 saturated heterocycles. The van der Waals surface area contributed by atoms with E-state index in [1.165, 1.54) is 57.7 Å². The molecule has 0 amide bonds. The first-order chi connectivity index (χ1) is 6.42. The fourth-order valence-corrected chi connectivity index (χ4v) is 3.29. The molecule has 2 rings (SSSR count). The molecule has 2 saturated carbocycles. The predicted octanol–water partition coefficient (Wildman–Crippen LogP) is 3.18. The summed E-state index contributed by atoms with van der Waals surface area (Å²) in [6, 6.07) is 0. The van der Waals surface area contributed by atoms with Crippen molar-refractivity contribution in [3.8, 4) is 0 Å². The minimum Gasteiger partial charge on any atom is -0.303 e. The summed E-state index contributed by atoms with van der Waals surface area (Å²) in [4.78, 5) is 11.1. The number of hydrogen-bond donors (Lipinski definition) is 0. The highest BCUT2D eigenvalue weighted by molar-refractivity contribution is 5.54. The van der Waals surface area contributed by atoms with Gasteiger partial charge in [0, 0.05) is 5.92 Å². The van der Waals surface area contributed by atoms with Crippen LogP contribution in [0.25, 0.3) is 0 Å². The lowest BCUT2D eigenvalue weighted by molar-refractivity contribution is -0.114. The van der Waals surface area contributed by atoms with Crippen LogP contribution in [0.15, 0.2) is 0 Å². The molecule has 0 radical (unpaired) electrons. The van der Waals surface area contributed by atoms with Gasteiger partial charge in [0.15, 0.2) is 0 Å². The summed E-state index contributed by atoms with van der Waals surface area (Å²) in [6.45, 7) is 0. The van der Waals surface area contributed by atoms with E-state index in [0.29, 0.717) is 5.92 Å². The summed E-state index contributed by atoms with van der Waals surface area (Å²) in [5.74, 6) is 1.92. The normalized spacial score (nSPS) is 25.9. The van der Waals surface area contributed by atoms with Crippen molar-refractivity contribution in [3.05, 3.63) is 0 Å². The third kappa shape index (κ3) is 1.95. The Morgan fingerprint density at radius 1 is 0.846 bits per heavy atom. The van der Waals surface area contributed by atoms with E-state index in [0.717, 1.165) is 11.8 Å². The first-order valence-electron chi connectivity index (χ1n) is 5.87. The molecule has 0 heterocycles. The lowest BCUT2D eigenvalue weighted by Gasteiger charge is -2.23. The second-order valence-electron chi connectivity index (χ2n) is 4.80. The second kappa shape index (κ2) is 4.26. The van der Waals surface area contributed by atoms with Crippen LogP contribution in [-0.2, 0) is 4.79 Å². The first kappa shape index (κ1) is 9.23. The van der Waals surface area contributed by atoms with Gasteiger partial charge in [-0.3, -0.25) is 0 Å². The molecular weight excluding hydrogens is 160 g/mol. The molecule has 0 N–H and O–H groups in total. The summed E-state index contributed by atoms with van der Waals surface area (Å²) in [5, 5.41) is 0. The highest BCUT2D eigenvalue weighted by Crippen LogP contribution is 2.40. The quantitative estimate of drug-likeness (QED) is 0.610. The van der Waals surface area contributed by atoms with E-state index < -0.39 is 0 Å². The van der Waals surface area contributed by atoms with Gasteiger partial charge in [0.1, 0.15) is 6.29 Å². The van der Waals surface area contributed by atoms with Crippen molar-refractivity contribution in [1.82, 2.24) is 0 Å². The van der Waals surface area contributed by atoms with Gasteiger partial charge in [-0.1, -0.05) is 25.7 Å². The maximum absolute atomic E-state index is 11.1. The lowest BCUT2D eigenvalue weighted by atomic mass is 9.81. The minimum atomic E-state index is 0.421. The Labute approximate surface area is 80.9 Å². The number of carbonyl (C=O) groups is 1. The molecule has 2 aliphatic rings. The standard InChI is InChI=1S/C12H20O/c13-9-12(10-5-1-2-6-10)11-7-3-4-8-11/h9-12H,1-8H2. The molecule has 74 valence electrons. The third-order valence-electron chi connectivity index (χ3n) is 4.05. The second-order valence-corrected chi connectivity index (χ2v) is 4.80. The van der Waals surface area contributed by atoms with Gasteiger partial charge in [-0.25, -0.2) is 0 Å². The van der Waals surface area contributed by atoms with Gasteiger partial charge in [0.25, 0.3) is 0 Å². The van der Waals surface area contributed by atoms with Crippen LogP contribution in [0.2, 0.25) is 0 Å². The van der Waals surface area contributed by atoms with Crippen molar-refractivity contribution in [3.63, 3.8) is 0 Å². The Balaban J connectivity index is 1.94. The zero-order valence-corrected chi connectivity index (χ0v) is 8.37. The van der Waals surface area contributed by atoms with E-state index in [9.17, 15) is 4.79 Å². The number of hydrogen-bond acceptors (Lipinski definition) is 1. The van der Waals surface area contributed by atoms with Crippen LogP contribution in [0, 0.1) is 17.8 Å². The highest BCUT2D eigenvalue weighted by Gasteiger charge is 2.32. The molecule has 2 fully saturated rings. The maximum Gasteiger partial charge on any atom is 0.123 e. The van der Waals surface area contributed by atoms with E-state index >= 15 is 0 Å². The molecule has 0 aliphatic heterocycles. The van der Waals surface area contributed by atoms with E-state index in [4.69, 9.17) is 0 Å². The van der Waals surface area contributed by atoms with Gasteiger partial charge in [-0.15, -0.1) is 0 Å². The van der Waals surface area contributed by atoms with E-state index in [1.807, 2.05) is 0 Å². The summed E-state index contributed by atoms with van der Waals surface area (Å²) in [6.07, 6.45) is 12.0. The third-order valence-corrected chi connectivity index (χ3v) is 4.05. The minimum absolute atomic E-state index is 0.421. The number of aldehydes is 1. The van der Waals surface area contributed by atoms with Crippen molar-refractivity contribution in [2.75, 3.05) is 0 Å². The maximum atomic E-state index is 11.1. The van der Waals surface area contributed by atoms with Crippen molar-refractivity contribution >= 4 is 6.29 Å². The molecule has 2 aliphatic carbocycles. The SMILES string of the molecule is O=CC(C1CCCC1)C1CCCC1. The predicted molar refractivity (Wildman–Crippen MR) is 53.5 cm³/mol. The van der Waals surface area contributed by atoms with Gasteiger partial charge in [0.05, 0.1) is 0 Å². The summed E-state index contributed by atoms with van der Waals surface area (Å²) in [5.41, 5.74) is 0. The van der Waals surface area contributed by atoms with Crippen molar-refractivity contribution in [2.24, 2.45) is 17.8 Å². The monoisotopic (exact) mass is 180 g/mol. The molecule has 1 nitrogen and oxygen atoms in total. The Bertz CT molecular complexity index is 148. The van der Waals surface area contributed by atoms with E-state index in [2.05, 4.69) is 0 Å². The summed E-state index contributed by atoms with van der Waals surface area (Å²) in [7, 11) is 0. The molecule has 0 unspecified atom stereocenters. The Hall–Kier alpha value is -0.330. The molecular formula is C12H20O. The van der Waals surface area contributed by atoms with Crippen LogP contribution in [0.5, 0.6) is 0 Å². The number of rotatable bonds is 3. The topological polar surface area (TPSA) is 17.1 Å². The van der Waals surface area contributed by atoms with Crippen LogP contribution >= 0.6 is 0 Å². The molecule has 0 bridgehead atoms.